The van der Waals surface area contributed by atoms with Crippen LogP contribution in [0.2, 0.25) is 0 Å². The number of carbonyl (C=O) groups excluding carboxylic acids is 2. The van der Waals surface area contributed by atoms with Crippen molar-refractivity contribution in [1.29, 1.82) is 0 Å². The molecule has 1 heterocycles. The van der Waals surface area contributed by atoms with Crippen molar-refractivity contribution >= 4 is 17.6 Å². The number of urea groups is 1. The lowest BCUT2D eigenvalue weighted by Crippen LogP contribution is -2.43. The lowest BCUT2D eigenvalue weighted by Gasteiger charge is -2.17. The van der Waals surface area contributed by atoms with E-state index in [0.717, 1.165) is 12.1 Å². The van der Waals surface area contributed by atoms with Crippen molar-refractivity contribution in [3.63, 3.8) is 0 Å². The molecule has 21 heavy (non-hydrogen) atoms. The molecule has 1 unspecified atom stereocenters. The number of hydrogen-bond donors (Lipinski definition) is 2. The second-order valence-electron chi connectivity index (χ2n) is 5.82. The van der Waals surface area contributed by atoms with Crippen LogP contribution in [0.15, 0.2) is 30.3 Å². The van der Waals surface area contributed by atoms with Crippen LogP contribution in [0.25, 0.3) is 0 Å². The normalized spacial score (nSPS) is 18.1. The lowest BCUT2D eigenvalue weighted by molar-refractivity contribution is -0.117. The molecule has 1 saturated heterocycles. The van der Waals surface area contributed by atoms with Crippen LogP contribution in [0.1, 0.15) is 26.7 Å². The molecule has 1 aliphatic rings. The van der Waals surface area contributed by atoms with E-state index in [1.54, 1.807) is 4.90 Å². The molecule has 5 nitrogen and oxygen atoms in total. The Morgan fingerprint density at radius 1 is 1.33 bits per heavy atom. The van der Waals surface area contributed by atoms with Gasteiger partial charge < -0.3 is 15.5 Å². The zero-order valence-corrected chi connectivity index (χ0v) is 12.6. The van der Waals surface area contributed by atoms with E-state index in [0.29, 0.717) is 25.4 Å². The summed E-state index contributed by atoms with van der Waals surface area (Å²) in [5, 5.41) is 5.70. The minimum atomic E-state index is -0.191. The van der Waals surface area contributed by atoms with Gasteiger partial charge in [-0.15, -0.1) is 0 Å². The molecule has 0 aromatic heterocycles. The Kier molecular flexibility index (Phi) is 5.20. The van der Waals surface area contributed by atoms with Gasteiger partial charge in [0, 0.05) is 25.2 Å². The fourth-order valence-corrected chi connectivity index (χ4v) is 2.37. The molecule has 1 aromatic rings. The zero-order chi connectivity index (χ0) is 15.2. The minimum Gasteiger partial charge on any atom is -0.338 e. The van der Waals surface area contributed by atoms with Gasteiger partial charge in [0.2, 0.25) is 5.91 Å². The van der Waals surface area contributed by atoms with Crippen LogP contribution in [-0.2, 0) is 4.79 Å². The molecule has 1 fully saturated rings. The Morgan fingerprint density at radius 3 is 2.71 bits per heavy atom. The molecule has 0 aliphatic carbocycles. The van der Waals surface area contributed by atoms with Crippen LogP contribution in [0.4, 0.5) is 10.5 Å². The van der Waals surface area contributed by atoms with Crippen molar-refractivity contribution in [3.05, 3.63) is 30.3 Å². The fourth-order valence-electron chi connectivity index (χ4n) is 2.37. The second-order valence-corrected chi connectivity index (χ2v) is 5.82. The zero-order valence-electron chi connectivity index (χ0n) is 12.6. The Balaban J connectivity index is 1.81. The van der Waals surface area contributed by atoms with Gasteiger partial charge >= 0.3 is 6.03 Å². The predicted octanol–water partition coefficient (Wildman–Crippen LogP) is 2.14. The highest BCUT2D eigenvalue weighted by Gasteiger charge is 2.31. The van der Waals surface area contributed by atoms with Crippen LogP contribution in [0.3, 0.4) is 0 Å². The van der Waals surface area contributed by atoms with Gasteiger partial charge in [0.05, 0.1) is 6.04 Å². The average Bonchev–Trinajstić information content (AvgIpc) is 2.80. The van der Waals surface area contributed by atoms with Gasteiger partial charge in [-0.2, -0.15) is 0 Å². The number of anilines is 1. The molecule has 0 spiro atoms. The van der Waals surface area contributed by atoms with E-state index >= 15 is 0 Å². The number of para-hydroxylation sites is 1. The van der Waals surface area contributed by atoms with Gasteiger partial charge in [0.25, 0.3) is 0 Å². The molecular weight excluding hydrogens is 266 g/mol. The summed E-state index contributed by atoms with van der Waals surface area (Å²) in [6.07, 6.45) is 1.31. The average molecular weight is 289 g/mol. The van der Waals surface area contributed by atoms with Crippen LogP contribution < -0.4 is 15.5 Å². The number of amides is 3. The Bertz CT molecular complexity index is 488. The van der Waals surface area contributed by atoms with Crippen molar-refractivity contribution in [2.24, 2.45) is 5.92 Å². The highest BCUT2D eigenvalue weighted by molar-refractivity contribution is 5.96. The van der Waals surface area contributed by atoms with Gasteiger partial charge in [-0.05, 0) is 24.5 Å². The molecule has 114 valence electrons. The van der Waals surface area contributed by atoms with Gasteiger partial charge in [-0.1, -0.05) is 32.0 Å². The number of nitrogens with one attached hydrogen (secondary N) is 2. The van der Waals surface area contributed by atoms with E-state index in [2.05, 4.69) is 24.5 Å². The second kappa shape index (κ2) is 7.11. The highest BCUT2D eigenvalue weighted by atomic mass is 16.2. The van der Waals surface area contributed by atoms with E-state index in [-0.39, 0.29) is 18.0 Å². The van der Waals surface area contributed by atoms with Gasteiger partial charge in [-0.25, -0.2) is 4.79 Å². The van der Waals surface area contributed by atoms with E-state index in [9.17, 15) is 9.59 Å². The summed E-state index contributed by atoms with van der Waals surface area (Å²) in [5.74, 6) is 0.612. The number of hydrogen-bond acceptors (Lipinski definition) is 2. The summed E-state index contributed by atoms with van der Waals surface area (Å²) in [4.78, 5) is 25.5. The van der Waals surface area contributed by atoms with Crippen molar-refractivity contribution < 1.29 is 9.59 Å². The largest absolute Gasteiger partial charge is 0.338 e. The number of benzene rings is 1. The van der Waals surface area contributed by atoms with Crippen molar-refractivity contribution in [2.75, 3.05) is 18.0 Å². The molecule has 0 radical (unpaired) electrons. The molecule has 0 saturated carbocycles. The molecule has 0 bridgehead atoms. The Hall–Kier alpha value is -2.04. The first-order valence-corrected chi connectivity index (χ1v) is 7.46. The summed E-state index contributed by atoms with van der Waals surface area (Å²) in [5.41, 5.74) is 0.881. The first-order valence-electron chi connectivity index (χ1n) is 7.46. The summed E-state index contributed by atoms with van der Waals surface area (Å²) in [6, 6.07) is 9.22. The van der Waals surface area contributed by atoms with Gasteiger partial charge in [0.15, 0.2) is 0 Å². The Labute approximate surface area is 125 Å². The van der Waals surface area contributed by atoms with Crippen LogP contribution >= 0.6 is 0 Å². The maximum Gasteiger partial charge on any atom is 0.315 e. The highest BCUT2D eigenvalue weighted by Crippen LogP contribution is 2.20. The molecule has 1 aromatic carbocycles. The monoisotopic (exact) mass is 289 g/mol. The third-order valence-electron chi connectivity index (χ3n) is 3.54. The van der Waals surface area contributed by atoms with Crippen molar-refractivity contribution in [1.82, 2.24) is 10.6 Å². The molecular formula is C16H23N3O2. The summed E-state index contributed by atoms with van der Waals surface area (Å²) >= 11 is 0. The van der Waals surface area contributed by atoms with Crippen LogP contribution in [0, 0.1) is 5.92 Å². The fraction of sp³-hybridized carbons (Fsp3) is 0.500. The molecule has 2 N–H and O–H groups in total. The quantitative estimate of drug-likeness (QED) is 0.872. The third-order valence-corrected chi connectivity index (χ3v) is 3.54. The SMILES string of the molecule is CC(C)CCNC(=O)NC1CC(=O)N(c2ccccc2)C1. The third kappa shape index (κ3) is 4.48. The van der Waals surface area contributed by atoms with E-state index in [1.165, 1.54) is 0 Å². The first kappa shape index (κ1) is 15.4. The molecule has 2 rings (SSSR count). The lowest BCUT2D eigenvalue weighted by atomic mass is 10.1. The van der Waals surface area contributed by atoms with Crippen molar-refractivity contribution in [2.45, 2.75) is 32.7 Å². The van der Waals surface area contributed by atoms with E-state index in [1.807, 2.05) is 30.3 Å². The van der Waals surface area contributed by atoms with E-state index < -0.39 is 0 Å². The van der Waals surface area contributed by atoms with Crippen LogP contribution in [0.5, 0.6) is 0 Å². The summed E-state index contributed by atoms with van der Waals surface area (Å²) in [7, 11) is 0. The van der Waals surface area contributed by atoms with Gasteiger partial charge in [0.1, 0.15) is 0 Å². The summed E-state index contributed by atoms with van der Waals surface area (Å²) < 4.78 is 0. The molecule has 5 heteroatoms. The maximum atomic E-state index is 12.0. The predicted molar refractivity (Wildman–Crippen MR) is 83.2 cm³/mol. The number of carbonyl (C=O) groups is 2. The topological polar surface area (TPSA) is 61.4 Å². The maximum absolute atomic E-state index is 12.0. The van der Waals surface area contributed by atoms with Gasteiger partial charge in [-0.3, -0.25) is 4.79 Å². The number of rotatable bonds is 5. The summed E-state index contributed by atoms with van der Waals surface area (Å²) in [6.45, 7) is 5.42. The van der Waals surface area contributed by atoms with E-state index in [4.69, 9.17) is 0 Å². The molecule has 1 aliphatic heterocycles. The van der Waals surface area contributed by atoms with Crippen LogP contribution in [-0.4, -0.2) is 31.1 Å². The first-order chi connectivity index (χ1) is 10.1. The van der Waals surface area contributed by atoms with Crippen molar-refractivity contribution in [3.8, 4) is 0 Å². The molecule has 1 atom stereocenters. The molecule has 3 amide bonds. The minimum absolute atomic E-state index is 0.0497. The Morgan fingerprint density at radius 2 is 2.05 bits per heavy atom. The smallest absolute Gasteiger partial charge is 0.315 e. The standard InChI is InChI=1S/C16H23N3O2/c1-12(2)8-9-17-16(21)18-13-10-15(20)19(11-13)14-6-4-3-5-7-14/h3-7,12-13H,8-11H2,1-2H3,(H2,17,18,21). The number of nitrogens with zero attached hydrogens (tertiary/aromatic N) is 1.